The number of hydrogen-bond acceptors (Lipinski definition) is 4. The second-order valence-corrected chi connectivity index (χ2v) is 8.64. The summed E-state index contributed by atoms with van der Waals surface area (Å²) in [6.07, 6.45) is 2.07. The SMILES string of the molecule is C[C@@](C#N)(NC(=O)C[NH+](Cc1cccs1)Cc1cccs1)C1CC1. The van der Waals surface area contributed by atoms with E-state index >= 15 is 0 Å². The predicted molar refractivity (Wildman–Crippen MR) is 96.8 cm³/mol. The molecule has 0 saturated heterocycles. The fraction of sp³-hybridized carbons (Fsp3) is 0.444. The molecule has 2 aromatic rings. The standard InChI is InChI=1S/C18H21N3OS2/c1-18(13-19,14-6-7-14)20-17(22)12-21(10-15-4-2-8-23-15)11-16-5-3-9-24-16/h2-5,8-9,14H,6-7,10-12H2,1H3,(H,20,22)/p+1/t18-/m0/s1. The highest BCUT2D eigenvalue weighted by atomic mass is 32.1. The molecule has 4 nitrogen and oxygen atoms in total. The molecule has 1 saturated carbocycles. The van der Waals surface area contributed by atoms with Crippen LogP contribution in [-0.4, -0.2) is 18.0 Å². The van der Waals surface area contributed by atoms with Crippen molar-refractivity contribution in [2.45, 2.75) is 38.4 Å². The second-order valence-electron chi connectivity index (χ2n) is 6.58. The Morgan fingerprint density at radius 1 is 1.29 bits per heavy atom. The van der Waals surface area contributed by atoms with Gasteiger partial charge in [0.25, 0.3) is 5.91 Å². The van der Waals surface area contributed by atoms with E-state index in [0.29, 0.717) is 12.5 Å². The van der Waals surface area contributed by atoms with Gasteiger partial charge in [0, 0.05) is 0 Å². The highest BCUT2D eigenvalue weighted by molar-refractivity contribution is 7.10. The third-order valence-corrected chi connectivity index (χ3v) is 6.20. The van der Waals surface area contributed by atoms with Crippen LogP contribution < -0.4 is 10.2 Å². The summed E-state index contributed by atoms with van der Waals surface area (Å²) < 4.78 is 0. The first-order valence-electron chi connectivity index (χ1n) is 8.19. The Labute approximate surface area is 150 Å². The zero-order chi connectivity index (χ0) is 17.0. The van der Waals surface area contributed by atoms with Crippen molar-refractivity contribution in [1.82, 2.24) is 5.32 Å². The summed E-state index contributed by atoms with van der Waals surface area (Å²) in [5.41, 5.74) is -0.714. The minimum absolute atomic E-state index is 0.0333. The van der Waals surface area contributed by atoms with Gasteiger partial charge in [-0.05, 0) is 48.6 Å². The number of carbonyl (C=O) groups excluding carboxylic acids is 1. The van der Waals surface area contributed by atoms with Crippen LogP contribution in [0.3, 0.4) is 0 Å². The van der Waals surface area contributed by atoms with E-state index in [2.05, 4.69) is 34.3 Å². The molecule has 2 N–H and O–H groups in total. The van der Waals surface area contributed by atoms with Gasteiger partial charge in [0.1, 0.15) is 18.6 Å². The Morgan fingerprint density at radius 3 is 2.29 bits per heavy atom. The molecule has 0 aromatic carbocycles. The average molecular weight is 361 g/mol. The van der Waals surface area contributed by atoms with Gasteiger partial charge >= 0.3 is 0 Å². The molecule has 2 aromatic heterocycles. The van der Waals surface area contributed by atoms with Crippen LogP contribution in [0.2, 0.25) is 0 Å². The van der Waals surface area contributed by atoms with Crippen molar-refractivity contribution in [3.05, 3.63) is 44.8 Å². The van der Waals surface area contributed by atoms with Crippen LogP contribution in [0.4, 0.5) is 0 Å². The average Bonchev–Trinajstić information content (AvgIpc) is 3.07. The van der Waals surface area contributed by atoms with E-state index in [9.17, 15) is 10.1 Å². The fourth-order valence-electron chi connectivity index (χ4n) is 2.95. The smallest absolute Gasteiger partial charge is 0.276 e. The summed E-state index contributed by atoms with van der Waals surface area (Å²) in [5.74, 6) is 0.276. The van der Waals surface area contributed by atoms with Crippen LogP contribution in [-0.2, 0) is 17.9 Å². The monoisotopic (exact) mass is 360 g/mol. The van der Waals surface area contributed by atoms with E-state index in [1.165, 1.54) is 14.7 Å². The zero-order valence-electron chi connectivity index (χ0n) is 13.7. The lowest BCUT2D eigenvalue weighted by Gasteiger charge is -2.24. The summed E-state index contributed by atoms with van der Waals surface area (Å²) >= 11 is 3.44. The lowest BCUT2D eigenvalue weighted by atomic mass is 9.98. The second kappa shape index (κ2) is 7.47. The molecule has 0 unspecified atom stereocenters. The van der Waals surface area contributed by atoms with E-state index in [0.717, 1.165) is 25.9 Å². The maximum Gasteiger partial charge on any atom is 0.276 e. The third-order valence-electron chi connectivity index (χ3n) is 4.44. The highest BCUT2D eigenvalue weighted by Crippen LogP contribution is 2.39. The van der Waals surface area contributed by atoms with Gasteiger partial charge < -0.3 is 10.2 Å². The van der Waals surface area contributed by atoms with Gasteiger partial charge in [-0.2, -0.15) is 5.26 Å². The quantitative estimate of drug-likeness (QED) is 0.758. The molecule has 0 radical (unpaired) electrons. The molecule has 1 aliphatic rings. The number of hydrogen-bond donors (Lipinski definition) is 2. The van der Waals surface area contributed by atoms with E-state index in [-0.39, 0.29) is 5.91 Å². The van der Waals surface area contributed by atoms with E-state index < -0.39 is 5.54 Å². The fourth-order valence-corrected chi connectivity index (χ4v) is 4.50. The predicted octanol–water partition coefficient (Wildman–Crippen LogP) is 2.20. The Morgan fingerprint density at radius 2 is 1.88 bits per heavy atom. The number of nitrogens with zero attached hydrogens (tertiary/aromatic N) is 1. The van der Waals surface area contributed by atoms with Crippen molar-refractivity contribution >= 4 is 28.6 Å². The summed E-state index contributed by atoms with van der Waals surface area (Å²) in [4.78, 5) is 16.3. The normalized spacial score (nSPS) is 16.5. The molecule has 0 bridgehead atoms. The van der Waals surface area contributed by atoms with Gasteiger partial charge in [0.05, 0.1) is 15.8 Å². The Kier molecular flexibility index (Phi) is 5.34. The van der Waals surface area contributed by atoms with E-state index in [1.807, 2.05) is 19.1 Å². The summed E-state index contributed by atoms with van der Waals surface area (Å²) in [6.45, 7) is 3.89. The number of nitriles is 1. The molecule has 2 heterocycles. The van der Waals surface area contributed by atoms with Crippen molar-refractivity contribution < 1.29 is 9.69 Å². The van der Waals surface area contributed by atoms with Gasteiger partial charge in [-0.1, -0.05) is 12.1 Å². The topological polar surface area (TPSA) is 57.3 Å². The summed E-state index contributed by atoms with van der Waals surface area (Å²) in [5, 5.41) is 16.5. The van der Waals surface area contributed by atoms with Gasteiger partial charge in [0.15, 0.2) is 6.54 Å². The molecule has 24 heavy (non-hydrogen) atoms. The lowest BCUT2D eigenvalue weighted by Crippen LogP contribution is -3.10. The first-order valence-corrected chi connectivity index (χ1v) is 9.95. The molecule has 0 spiro atoms. The molecule has 1 aliphatic carbocycles. The molecule has 1 atom stereocenters. The number of thiophene rings is 2. The highest BCUT2D eigenvalue weighted by Gasteiger charge is 2.43. The van der Waals surface area contributed by atoms with Crippen molar-refractivity contribution in [3.8, 4) is 6.07 Å². The zero-order valence-corrected chi connectivity index (χ0v) is 15.4. The molecule has 6 heteroatoms. The number of quaternary nitrogens is 1. The largest absolute Gasteiger partial charge is 0.333 e. The maximum atomic E-state index is 12.5. The maximum absolute atomic E-state index is 12.5. The van der Waals surface area contributed by atoms with Crippen molar-refractivity contribution in [3.63, 3.8) is 0 Å². The molecular formula is C18H22N3OS2+. The molecule has 1 amide bonds. The number of carbonyl (C=O) groups is 1. The molecule has 3 rings (SSSR count). The Bertz CT molecular complexity index is 665. The number of nitrogens with one attached hydrogen (secondary N) is 2. The molecule has 1 fully saturated rings. The van der Waals surface area contributed by atoms with E-state index in [4.69, 9.17) is 0 Å². The number of amides is 1. The van der Waals surface area contributed by atoms with Crippen LogP contribution in [0.5, 0.6) is 0 Å². The van der Waals surface area contributed by atoms with Crippen molar-refractivity contribution in [2.24, 2.45) is 5.92 Å². The van der Waals surface area contributed by atoms with Gasteiger partial charge in [0.2, 0.25) is 0 Å². The van der Waals surface area contributed by atoms with Gasteiger partial charge in [-0.15, -0.1) is 22.7 Å². The van der Waals surface area contributed by atoms with Crippen LogP contribution in [0, 0.1) is 17.2 Å². The summed E-state index contributed by atoms with van der Waals surface area (Å²) in [6, 6.07) is 10.6. The van der Waals surface area contributed by atoms with Crippen molar-refractivity contribution in [1.29, 1.82) is 5.26 Å². The summed E-state index contributed by atoms with van der Waals surface area (Å²) in [7, 11) is 0. The first-order chi connectivity index (χ1) is 11.6. The van der Waals surface area contributed by atoms with Gasteiger partial charge in [-0.25, -0.2) is 0 Å². The Hall–Kier alpha value is -1.68. The minimum atomic E-state index is -0.714. The number of rotatable bonds is 8. The van der Waals surface area contributed by atoms with E-state index in [1.54, 1.807) is 22.7 Å². The van der Waals surface area contributed by atoms with Crippen LogP contribution in [0.1, 0.15) is 29.5 Å². The van der Waals surface area contributed by atoms with Crippen LogP contribution >= 0.6 is 22.7 Å². The minimum Gasteiger partial charge on any atom is -0.333 e. The van der Waals surface area contributed by atoms with Crippen LogP contribution in [0.25, 0.3) is 0 Å². The molecular weight excluding hydrogens is 338 g/mol. The Balaban J connectivity index is 1.64. The molecule has 126 valence electrons. The first kappa shape index (κ1) is 17.2. The van der Waals surface area contributed by atoms with Gasteiger partial charge in [-0.3, -0.25) is 4.79 Å². The third kappa shape index (κ3) is 4.44. The van der Waals surface area contributed by atoms with Crippen LogP contribution in [0.15, 0.2) is 35.0 Å². The lowest BCUT2D eigenvalue weighted by molar-refractivity contribution is -0.919. The van der Waals surface area contributed by atoms with Crippen molar-refractivity contribution in [2.75, 3.05) is 6.54 Å². The molecule has 0 aliphatic heterocycles.